The predicted molar refractivity (Wildman–Crippen MR) is 109 cm³/mol. The van der Waals surface area contributed by atoms with E-state index in [0.717, 1.165) is 25.3 Å². The molecule has 0 aliphatic heterocycles. The van der Waals surface area contributed by atoms with E-state index in [0.29, 0.717) is 39.6 Å². The number of hydrogen-bond donors (Lipinski definition) is 0. The second kappa shape index (κ2) is 15.2. The van der Waals surface area contributed by atoms with Gasteiger partial charge in [-0.15, -0.1) is 0 Å². The first-order chi connectivity index (χ1) is 12.5. The van der Waals surface area contributed by atoms with Gasteiger partial charge in [-0.1, -0.05) is 13.3 Å². The van der Waals surface area contributed by atoms with Gasteiger partial charge in [0.2, 0.25) is 0 Å². The van der Waals surface area contributed by atoms with Crippen LogP contribution in [0, 0.1) is 0 Å². The molecule has 0 rings (SSSR count). The maximum atomic E-state index is 6.16. The Bertz CT molecular complexity index is 299. The Kier molecular flexibility index (Phi) is 15.3. The van der Waals surface area contributed by atoms with E-state index in [1.807, 2.05) is 41.5 Å². The van der Waals surface area contributed by atoms with E-state index in [1.165, 1.54) is 0 Å². The van der Waals surface area contributed by atoms with Crippen LogP contribution in [-0.4, -0.2) is 57.3 Å². The van der Waals surface area contributed by atoms with E-state index in [1.54, 1.807) is 0 Å². The molecule has 1 unspecified atom stereocenters. The van der Waals surface area contributed by atoms with Crippen molar-refractivity contribution in [2.75, 3.05) is 39.6 Å². The second-order valence-corrected chi connectivity index (χ2v) is 11.5. The summed E-state index contributed by atoms with van der Waals surface area (Å²) in [6.45, 7) is 17.7. The largest absolute Gasteiger partial charge is 0.504 e. The molecule has 0 saturated carbocycles. The van der Waals surface area contributed by atoms with Crippen LogP contribution in [0.2, 0.25) is 11.6 Å². The Morgan fingerprint density at radius 3 is 1.23 bits per heavy atom. The summed E-state index contributed by atoms with van der Waals surface area (Å²) >= 11 is 0. The highest BCUT2D eigenvalue weighted by Crippen LogP contribution is 2.37. The van der Waals surface area contributed by atoms with Crippen molar-refractivity contribution in [3.8, 4) is 0 Å². The minimum Gasteiger partial charge on any atom is -0.374 e. The van der Waals surface area contributed by atoms with Gasteiger partial charge in [-0.25, -0.2) is 0 Å². The Morgan fingerprint density at radius 1 is 0.538 bits per heavy atom. The molecule has 0 radical (unpaired) electrons. The fourth-order valence-corrected chi connectivity index (χ4v) is 9.58. The molecule has 0 saturated heterocycles. The molecule has 1 atom stereocenters. The van der Waals surface area contributed by atoms with Crippen LogP contribution >= 0.6 is 0 Å². The molecule has 0 aromatic carbocycles. The van der Waals surface area contributed by atoms with Gasteiger partial charge < -0.3 is 26.6 Å². The van der Waals surface area contributed by atoms with Gasteiger partial charge in [0.05, 0.1) is 0 Å². The minimum absolute atomic E-state index is 0.223. The molecule has 0 fully saturated rings. The molecular formula is C18H42O6Si2. The molecule has 0 heterocycles. The molecule has 0 N–H and O–H groups in total. The summed E-state index contributed by atoms with van der Waals surface area (Å²) in [4.78, 5) is 0. The van der Waals surface area contributed by atoms with E-state index in [4.69, 9.17) is 26.6 Å². The molecule has 158 valence electrons. The Labute approximate surface area is 163 Å². The average molecular weight is 411 g/mol. The average Bonchev–Trinajstić information content (AvgIpc) is 2.60. The van der Waals surface area contributed by atoms with E-state index in [-0.39, 0.29) is 5.54 Å². The molecule has 0 amide bonds. The van der Waals surface area contributed by atoms with Gasteiger partial charge in [-0.05, 0) is 54.4 Å². The van der Waals surface area contributed by atoms with Crippen LogP contribution in [0.15, 0.2) is 0 Å². The SMILES string of the molecule is CCCC(CC[Si](OCC)(OCC)OCC)[Si](OCC)(OCC)OCC. The summed E-state index contributed by atoms with van der Waals surface area (Å²) in [5.41, 5.74) is 0.223. The molecule has 0 bridgehead atoms. The van der Waals surface area contributed by atoms with Crippen molar-refractivity contribution in [2.45, 2.75) is 79.3 Å². The van der Waals surface area contributed by atoms with Crippen molar-refractivity contribution in [3.05, 3.63) is 0 Å². The Morgan fingerprint density at radius 2 is 0.923 bits per heavy atom. The fourth-order valence-electron chi connectivity index (χ4n) is 3.28. The zero-order valence-electron chi connectivity index (χ0n) is 18.1. The summed E-state index contributed by atoms with van der Waals surface area (Å²) < 4.78 is 36.5. The minimum atomic E-state index is -2.76. The lowest BCUT2D eigenvalue weighted by molar-refractivity contribution is 0.0548. The highest BCUT2D eigenvalue weighted by Gasteiger charge is 2.50. The molecule has 0 aromatic rings. The number of rotatable bonds is 18. The third-order valence-electron chi connectivity index (χ3n) is 4.07. The monoisotopic (exact) mass is 410 g/mol. The first kappa shape index (κ1) is 26.2. The standard InChI is InChI=1S/C18H42O6Si2/c1-8-15-18(26(22-12-5,23-13-6)24-14-7)16-17-25(19-9-2,20-10-3)21-11-4/h18H,8-17H2,1-7H3. The Hall–Kier alpha value is 0.194. The zero-order valence-corrected chi connectivity index (χ0v) is 20.1. The van der Waals surface area contributed by atoms with Crippen LogP contribution in [0.4, 0.5) is 0 Å². The van der Waals surface area contributed by atoms with E-state index in [9.17, 15) is 0 Å². The summed E-state index contributed by atoms with van der Waals surface area (Å²) in [6, 6.07) is 0.759. The summed E-state index contributed by atoms with van der Waals surface area (Å²) in [5.74, 6) is 0. The van der Waals surface area contributed by atoms with Crippen molar-refractivity contribution in [1.82, 2.24) is 0 Å². The van der Waals surface area contributed by atoms with Crippen molar-refractivity contribution in [2.24, 2.45) is 0 Å². The lowest BCUT2D eigenvalue weighted by Gasteiger charge is -2.37. The van der Waals surface area contributed by atoms with Gasteiger partial charge in [0.1, 0.15) is 0 Å². The smallest absolute Gasteiger partial charge is 0.374 e. The van der Waals surface area contributed by atoms with Crippen LogP contribution in [0.1, 0.15) is 67.7 Å². The maximum absolute atomic E-state index is 6.16. The maximum Gasteiger partial charge on any atom is 0.504 e. The van der Waals surface area contributed by atoms with Gasteiger partial charge in [-0.2, -0.15) is 0 Å². The normalized spacial score (nSPS) is 14.0. The highest BCUT2D eigenvalue weighted by molar-refractivity contribution is 6.63. The van der Waals surface area contributed by atoms with Crippen LogP contribution in [0.5, 0.6) is 0 Å². The van der Waals surface area contributed by atoms with Crippen LogP contribution in [-0.2, 0) is 26.6 Å². The van der Waals surface area contributed by atoms with Crippen LogP contribution < -0.4 is 0 Å². The van der Waals surface area contributed by atoms with Crippen molar-refractivity contribution >= 4 is 17.6 Å². The van der Waals surface area contributed by atoms with Gasteiger partial charge >= 0.3 is 17.6 Å². The Balaban J connectivity index is 5.46. The van der Waals surface area contributed by atoms with Gasteiger partial charge in [0.25, 0.3) is 0 Å². The molecule has 8 heteroatoms. The summed E-state index contributed by atoms with van der Waals surface area (Å²) in [6.07, 6.45) is 2.92. The lowest BCUT2D eigenvalue weighted by atomic mass is 10.2. The molecular weight excluding hydrogens is 368 g/mol. The number of hydrogen-bond acceptors (Lipinski definition) is 6. The summed E-state index contributed by atoms with van der Waals surface area (Å²) in [7, 11) is -5.44. The molecule has 0 aliphatic carbocycles. The van der Waals surface area contributed by atoms with Crippen LogP contribution in [0.25, 0.3) is 0 Å². The third-order valence-corrected chi connectivity index (χ3v) is 10.8. The van der Waals surface area contributed by atoms with Crippen molar-refractivity contribution in [3.63, 3.8) is 0 Å². The van der Waals surface area contributed by atoms with E-state index >= 15 is 0 Å². The summed E-state index contributed by atoms with van der Waals surface area (Å²) in [5, 5.41) is 0. The molecule has 0 aliphatic rings. The molecule has 26 heavy (non-hydrogen) atoms. The fraction of sp³-hybridized carbons (Fsp3) is 1.00. The molecule has 6 nitrogen and oxygen atoms in total. The molecule has 0 aromatic heterocycles. The van der Waals surface area contributed by atoms with Gasteiger partial charge in [0.15, 0.2) is 0 Å². The zero-order chi connectivity index (χ0) is 19.9. The van der Waals surface area contributed by atoms with Gasteiger partial charge in [-0.3, -0.25) is 0 Å². The van der Waals surface area contributed by atoms with Crippen molar-refractivity contribution < 1.29 is 26.6 Å². The predicted octanol–water partition coefficient (Wildman–Crippen LogP) is 4.64. The van der Waals surface area contributed by atoms with E-state index < -0.39 is 17.6 Å². The van der Waals surface area contributed by atoms with Gasteiger partial charge in [0, 0.05) is 51.2 Å². The molecule has 0 spiro atoms. The second-order valence-electron chi connectivity index (χ2n) is 5.91. The third kappa shape index (κ3) is 8.47. The highest BCUT2D eigenvalue weighted by atomic mass is 28.4. The quantitative estimate of drug-likeness (QED) is 0.307. The first-order valence-corrected chi connectivity index (χ1v) is 14.1. The van der Waals surface area contributed by atoms with Crippen LogP contribution in [0.3, 0.4) is 0 Å². The van der Waals surface area contributed by atoms with Crippen molar-refractivity contribution in [1.29, 1.82) is 0 Å². The first-order valence-electron chi connectivity index (χ1n) is 10.4. The lowest BCUT2D eigenvalue weighted by Crippen LogP contribution is -2.52. The van der Waals surface area contributed by atoms with E-state index in [2.05, 4.69) is 6.92 Å². The topological polar surface area (TPSA) is 55.4 Å².